The molecule has 0 fully saturated rings. The van der Waals surface area contributed by atoms with E-state index in [4.69, 9.17) is 4.28 Å². The lowest BCUT2D eigenvalue weighted by Crippen LogP contribution is -2.12. The van der Waals surface area contributed by atoms with Gasteiger partial charge in [0.05, 0.1) is 10.6 Å². The molecule has 3 rings (SSSR count). The van der Waals surface area contributed by atoms with Gasteiger partial charge in [0, 0.05) is 0 Å². The highest BCUT2D eigenvalue weighted by molar-refractivity contribution is 7.86. The summed E-state index contributed by atoms with van der Waals surface area (Å²) in [6, 6.07) is 19.8. The van der Waals surface area contributed by atoms with Gasteiger partial charge in [-0.15, -0.1) is 4.28 Å². The number of para-hydroxylation sites is 1. The van der Waals surface area contributed by atoms with E-state index in [0.717, 1.165) is 16.3 Å². The molecular formula is C17H15NO3S. The second kappa shape index (κ2) is 5.79. The van der Waals surface area contributed by atoms with E-state index in [0.29, 0.717) is 5.69 Å². The van der Waals surface area contributed by atoms with Crippen LogP contribution in [0.15, 0.2) is 71.6 Å². The fraction of sp³-hybridized carbons (Fsp3) is 0.0588. The molecule has 112 valence electrons. The number of aryl methyl sites for hydroxylation is 1. The minimum absolute atomic E-state index is 0.118. The molecule has 3 aromatic carbocycles. The zero-order valence-corrected chi connectivity index (χ0v) is 12.8. The quantitative estimate of drug-likeness (QED) is 0.743. The largest absolute Gasteiger partial charge is 0.317 e. The molecule has 0 spiro atoms. The Balaban J connectivity index is 1.87. The van der Waals surface area contributed by atoms with Gasteiger partial charge in [-0.05, 0) is 41.5 Å². The zero-order valence-electron chi connectivity index (χ0n) is 12.0. The van der Waals surface area contributed by atoms with Crippen LogP contribution in [0, 0.1) is 6.92 Å². The molecule has 22 heavy (non-hydrogen) atoms. The SMILES string of the molecule is Cc1ccccc1NOS(=O)(=O)c1ccc2ccccc2c1. The first-order valence-electron chi connectivity index (χ1n) is 6.80. The summed E-state index contributed by atoms with van der Waals surface area (Å²) in [5, 5.41) is 1.83. The summed E-state index contributed by atoms with van der Waals surface area (Å²) < 4.78 is 29.5. The highest BCUT2D eigenvalue weighted by Gasteiger charge is 2.16. The highest BCUT2D eigenvalue weighted by Crippen LogP contribution is 2.21. The number of anilines is 1. The van der Waals surface area contributed by atoms with E-state index in [1.54, 1.807) is 24.3 Å². The molecule has 0 saturated carbocycles. The van der Waals surface area contributed by atoms with Crippen molar-refractivity contribution in [1.82, 2.24) is 0 Å². The topological polar surface area (TPSA) is 55.4 Å². The summed E-state index contributed by atoms with van der Waals surface area (Å²) in [6.07, 6.45) is 0. The van der Waals surface area contributed by atoms with Gasteiger partial charge in [0.15, 0.2) is 0 Å². The second-order valence-electron chi connectivity index (χ2n) is 4.96. The van der Waals surface area contributed by atoms with Gasteiger partial charge in [-0.3, -0.25) is 0 Å². The maximum absolute atomic E-state index is 12.3. The van der Waals surface area contributed by atoms with E-state index >= 15 is 0 Å². The molecule has 5 heteroatoms. The van der Waals surface area contributed by atoms with Crippen molar-refractivity contribution in [3.63, 3.8) is 0 Å². The Hall–Kier alpha value is -2.37. The van der Waals surface area contributed by atoms with Crippen molar-refractivity contribution in [1.29, 1.82) is 0 Å². The molecule has 0 radical (unpaired) electrons. The van der Waals surface area contributed by atoms with Crippen molar-refractivity contribution in [2.75, 3.05) is 5.48 Å². The maximum atomic E-state index is 12.3. The molecule has 0 heterocycles. The van der Waals surface area contributed by atoms with Crippen LogP contribution < -0.4 is 5.48 Å². The van der Waals surface area contributed by atoms with Crippen molar-refractivity contribution in [2.24, 2.45) is 0 Å². The molecule has 0 amide bonds. The number of fused-ring (bicyclic) bond motifs is 1. The number of rotatable bonds is 4. The monoisotopic (exact) mass is 313 g/mol. The van der Waals surface area contributed by atoms with Crippen LogP contribution in [0.2, 0.25) is 0 Å². The molecule has 0 saturated heterocycles. The van der Waals surface area contributed by atoms with Gasteiger partial charge in [0.1, 0.15) is 0 Å². The van der Waals surface area contributed by atoms with Gasteiger partial charge in [0.2, 0.25) is 0 Å². The summed E-state index contributed by atoms with van der Waals surface area (Å²) in [5.74, 6) is 0. The number of hydrogen-bond donors (Lipinski definition) is 1. The lowest BCUT2D eigenvalue weighted by molar-refractivity contribution is 0.390. The van der Waals surface area contributed by atoms with Crippen LogP contribution in [0.1, 0.15) is 5.56 Å². The van der Waals surface area contributed by atoms with E-state index in [1.165, 1.54) is 6.07 Å². The Labute approximate surface area is 129 Å². The normalized spacial score (nSPS) is 11.5. The summed E-state index contributed by atoms with van der Waals surface area (Å²) in [4.78, 5) is 0.118. The summed E-state index contributed by atoms with van der Waals surface area (Å²) >= 11 is 0. The minimum atomic E-state index is -3.88. The van der Waals surface area contributed by atoms with Crippen LogP contribution >= 0.6 is 0 Å². The summed E-state index contributed by atoms with van der Waals surface area (Å²) in [7, 11) is -3.88. The fourth-order valence-corrected chi connectivity index (χ4v) is 2.96. The predicted molar refractivity (Wildman–Crippen MR) is 87.0 cm³/mol. The third kappa shape index (κ3) is 2.95. The summed E-state index contributed by atoms with van der Waals surface area (Å²) in [5.41, 5.74) is 4.03. The van der Waals surface area contributed by atoms with E-state index in [-0.39, 0.29) is 4.90 Å². The Bertz CT molecular complexity index is 920. The van der Waals surface area contributed by atoms with E-state index < -0.39 is 10.1 Å². The lowest BCUT2D eigenvalue weighted by Gasteiger charge is -2.10. The van der Waals surface area contributed by atoms with E-state index in [9.17, 15) is 8.42 Å². The van der Waals surface area contributed by atoms with Crippen molar-refractivity contribution in [2.45, 2.75) is 11.8 Å². The number of benzene rings is 3. The molecule has 0 unspecified atom stereocenters. The molecule has 0 aliphatic rings. The Morgan fingerprint density at radius 1 is 0.864 bits per heavy atom. The fourth-order valence-electron chi connectivity index (χ4n) is 2.16. The molecular weight excluding hydrogens is 298 g/mol. The molecule has 0 bridgehead atoms. The average molecular weight is 313 g/mol. The van der Waals surface area contributed by atoms with Crippen LogP contribution in [0.4, 0.5) is 5.69 Å². The Morgan fingerprint density at radius 3 is 2.32 bits per heavy atom. The minimum Gasteiger partial charge on any atom is -0.249 e. The molecule has 0 aliphatic carbocycles. The van der Waals surface area contributed by atoms with Gasteiger partial charge in [0.25, 0.3) is 0 Å². The van der Waals surface area contributed by atoms with Crippen molar-refractivity contribution in [3.05, 3.63) is 72.3 Å². The molecule has 0 atom stereocenters. The van der Waals surface area contributed by atoms with Crippen LogP contribution in [0.5, 0.6) is 0 Å². The molecule has 3 aromatic rings. The van der Waals surface area contributed by atoms with E-state index in [1.807, 2.05) is 43.3 Å². The van der Waals surface area contributed by atoms with Crippen molar-refractivity contribution >= 4 is 26.6 Å². The number of nitrogens with one attached hydrogen (secondary N) is 1. The Morgan fingerprint density at radius 2 is 1.55 bits per heavy atom. The van der Waals surface area contributed by atoms with Crippen LogP contribution in [-0.2, 0) is 14.4 Å². The van der Waals surface area contributed by atoms with E-state index in [2.05, 4.69) is 5.48 Å². The highest BCUT2D eigenvalue weighted by atomic mass is 32.2. The first-order chi connectivity index (χ1) is 10.6. The lowest BCUT2D eigenvalue weighted by atomic mass is 10.1. The molecule has 0 aliphatic heterocycles. The van der Waals surface area contributed by atoms with Gasteiger partial charge < -0.3 is 0 Å². The Kier molecular flexibility index (Phi) is 3.83. The molecule has 4 nitrogen and oxygen atoms in total. The average Bonchev–Trinajstić information content (AvgIpc) is 2.54. The van der Waals surface area contributed by atoms with Crippen molar-refractivity contribution in [3.8, 4) is 0 Å². The summed E-state index contributed by atoms with van der Waals surface area (Å²) in [6.45, 7) is 1.87. The van der Waals surface area contributed by atoms with Gasteiger partial charge >= 0.3 is 10.1 Å². The zero-order chi connectivity index (χ0) is 15.6. The van der Waals surface area contributed by atoms with Gasteiger partial charge in [-0.1, -0.05) is 48.5 Å². The van der Waals surface area contributed by atoms with Gasteiger partial charge in [-0.2, -0.15) is 8.42 Å². The predicted octanol–water partition coefficient (Wildman–Crippen LogP) is 3.88. The molecule has 0 aromatic heterocycles. The third-order valence-electron chi connectivity index (χ3n) is 3.42. The number of hydrogen-bond acceptors (Lipinski definition) is 4. The smallest absolute Gasteiger partial charge is 0.249 e. The standard InChI is InChI=1S/C17H15NO3S/c1-13-6-2-5-9-17(13)18-21-22(19,20)16-11-10-14-7-3-4-8-15(14)12-16/h2-12,18H,1H3. The maximum Gasteiger partial charge on any atom is 0.317 e. The van der Waals surface area contributed by atoms with Crippen molar-refractivity contribution < 1.29 is 12.7 Å². The van der Waals surface area contributed by atoms with Crippen LogP contribution in [-0.4, -0.2) is 8.42 Å². The first kappa shape index (κ1) is 14.6. The first-order valence-corrected chi connectivity index (χ1v) is 8.21. The van der Waals surface area contributed by atoms with Gasteiger partial charge in [-0.25, -0.2) is 5.48 Å². The molecule has 1 N–H and O–H groups in total. The third-order valence-corrected chi connectivity index (χ3v) is 4.55. The second-order valence-corrected chi connectivity index (χ2v) is 6.51. The van der Waals surface area contributed by atoms with Crippen LogP contribution in [0.25, 0.3) is 10.8 Å². The van der Waals surface area contributed by atoms with Crippen LogP contribution in [0.3, 0.4) is 0 Å².